The van der Waals surface area contributed by atoms with Crippen molar-refractivity contribution in [1.29, 1.82) is 0 Å². The summed E-state index contributed by atoms with van der Waals surface area (Å²) < 4.78 is 0. The highest BCUT2D eigenvalue weighted by atomic mass is 16.3. The summed E-state index contributed by atoms with van der Waals surface area (Å²) in [5, 5.41) is 28.3. The van der Waals surface area contributed by atoms with E-state index in [9.17, 15) is 10.2 Å². The lowest BCUT2D eigenvalue weighted by molar-refractivity contribution is 0.0707. The van der Waals surface area contributed by atoms with Crippen molar-refractivity contribution >= 4 is 0 Å². The second kappa shape index (κ2) is 10.7. The Kier molecular flexibility index (Phi) is 7.91. The smallest absolute Gasteiger partial charge is 0.142 e. The number of hydrogen-bond acceptors (Lipinski definition) is 2. The van der Waals surface area contributed by atoms with Crippen LogP contribution in [-0.4, -0.2) is 10.2 Å². The molecule has 0 radical (unpaired) electrons. The first-order valence-electron chi connectivity index (χ1n) is 16.9. The van der Waals surface area contributed by atoms with Crippen molar-refractivity contribution < 1.29 is 10.2 Å². The first-order chi connectivity index (χ1) is 21.1. The summed E-state index contributed by atoms with van der Waals surface area (Å²) in [5.74, 6) is 0. The van der Waals surface area contributed by atoms with Gasteiger partial charge in [0.05, 0.1) is 0 Å². The van der Waals surface area contributed by atoms with Gasteiger partial charge in [-0.25, -0.2) is 0 Å². The van der Waals surface area contributed by atoms with Crippen LogP contribution in [0.4, 0.5) is 0 Å². The van der Waals surface area contributed by atoms with Gasteiger partial charge in [0.2, 0.25) is 0 Å². The third-order valence-electron chi connectivity index (χ3n) is 13.5. The summed E-state index contributed by atoms with van der Waals surface area (Å²) in [7, 11) is 0. The molecule has 2 nitrogen and oxygen atoms in total. The predicted octanol–water partition coefficient (Wildman–Crippen LogP) is 10.1. The fraction of sp³-hybridized carbons (Fsp3) is 0.455. The second-order valence-corrected chi connectivity index (χ2v) is 14.9. The van der Waals surface area contributed by atoms with Crippen LogP contribution in [0.15, 0.2) is 0 Å². The minimum atomic E-state index is -1.48. The minimum absolute atomic E-state index is 0.845. The Bertz CT molecular complexity index is 1760. The van der Waals surface area contributed by atoms with Gasteiger partial charge in [-0.3, -0.25) is 0 Å². The van der Waals surface area contributed by atoms with E-state index in [1.165, 1.54) is 55.6 Å². The number of rotatable bonds is 2. The van der Waals surface area contributed by atoms with Crippen molar-refractivity contribution in [3.8, 4) is 0 Å². The summed E-state index contributed by atoms with van der Waals surface area (Å²) in [5.41, 5.74) is 23.0. The molecule has 244 valence electrons. The highest BCUT2D eigenvalue weighted by molar-refractivity contribution is 5.77. The van der Waals surface area contributed by atoms with Crippen molar-refractivity contribution in [3.05, 3.63) is 134 Å². The SMILES string of the molecule is Cc1c(C)c(C)c(C2(O)c3c(C)c(C)c(C)c(C)c3C(O)(c3c(C)c(C)c(C)c(C)c3C)c3c(C)c(C)c(C)c(C)c32)c(C)c1C. The first kappa shape index (κ1) is 34.1. The molecule has 0 bridgehead atoms. The van der Waals surface area contributed by atoms with E-state index in [-0.39, 0.29) is 0 Å². The first-order valence-corrected chi connectivity index (χ1v) is 16.9. The van der Waals surface area contributed by atoms with E-state index >= 15 is 0 Å². The Morgan fingerprint density at radius 2 is 0.304 bits per heavy atom. The van der Waals surface area contributed by atoms with Crippen LogP contribution in [0.1, 0.15) is 134 Å². The zero-order valence-electron chi connectivity index (χ0n) is 31.9. The van der Waals surface area contributed by atoms with Crippen molar-refractivity contribution in [2.45, 2.75) is 136 Å². The van der Waals surface area contributed by atoms with Crippen LogP contribution < -0.4 is 0 Å². The summed E-state index contributed by atoms with van der Waals surface area (Å²) in [6.45, 7) is 39.2. The monoisotopic (exact) mass is 616 g/mol. The maximum absolute atomic E-state index is 14.1. The Morgan fingerprint density at radius 1 is 0.196 bits per heavy atom. The van der Waals surface area contributed by atoms with Gasteiger partial charge in [-0.15, -0.1) is 0 Å². The molecule has 0 fully saturated rings. The topological polar surface area (TPSA) is 40.5 Å². The molecule has 0 saturated carbocycles. The molecule has 46 heavy (non-hydrogen) atoms. The van der Waals surface area contributed by atoms with Crippen LogP contribution in [0.25, 0.3) is 0 Å². The number of aliphatic hydroxyl groups is 2. The number of benzene rings is 4. The Labute approximate surface area is 278 Å². The molecule has 1 aliphatic rings. The van der Waals surface area contributed by atoms with Crippen molar-refractivity contribution in [1.82, 2.24) is 0 Å². The zero-order valence-corrected chi connectivity index (χ0v) is 31.9. The summed E-state index contributed by atoms with van der Waals surface area (Å²) >= 11 is 0. The molecule has 4 aromatic carbocycles. The van der Waals surface area contributed by atoms with Crippen LogP contribution >= 0.6 is 0 Å². The van der Waals surface area contributed by atoms with Crippen molar-refractivity contribution in [2.75, 3.05) is 0 Å². The van der Waals surface area contributed by atoms with Crippen LogP contribution in [0, 0.1) is 125 Å². The average Bonchev–Trinajstić information content (AvgIpc) is 3.01. The highest BCUT2D eigenvalue weighted by Gasteiger charge is 2.56. The van der Waals surface area contributed by atoms with Crippen LogP contribution in [0.3, 0.4) is 0 Å². The molecule has 0 aliphatic heterocycles. The van der Waals surface area contributed by atoms with Gasteiger partial charge in [-0.05, 0) is 236 Å². The lowest BCUT2D eigenvalue weighted by atomic mass is 9.56. The second-order valence-electron chi connectivity index (χ2n) is 14.9. The molecule has 0 saturated heterocycles. The highest BCUT2D eigenvalue weighted by Crippen LogP contribution is 2.60. The summed E-state index contributed by atoms with van der Waals surface area (Å²) in [6, 6.07) is 0. The standard InChI is InChI=1S/C44H56O2/c1-19-21(3)29(11)37(30(12)22(19)4)43(45)39-33(15)25(7)27(9)35(17)41(39)44(46,38-31(13)23(5)20(2)24(6)32(38)14)42-36(18)28(10)26(8)34(16)40(42)43/h45-46H,1-18H3. The van der Waals surface area contributed by atoms with E-state index in [1.807, 2.05) is 0 Å². The largest absolute Gasteiger partial charge is 0.376 e. The normalized spacial score (nSPS) is 19.0. The lowest BCUT2D eigenvalue weighted by Gasteiger charge is -2.51. The van der Waals surface area contributed by atoms with Crippen molar-refractivity contribution in [2.24, 2.45) is 0 Å². The van der Waals surface area contributed by atoms with Crippen LogP contribution in [0.2, 0.25) is 0 Å². The van der Waals surface area contributed by atoms with E-state index in [0.29, 0.717) is 0 Å². The molecule has 1 aliphatic carbocycles. The molecule has 0 amide bonds. The van der Waals surface area contributed by atoms with Crippen molar-refractivity contribution in [3.63, 3.8) is 0 Å². The van der Waals surface area contributed by atoms with Crippen LogP contribution in [-0.2, 0) is 11.2 Å². The fourth-order valence-electron chi connectivity index (χ4n) is 9.27. The van der Waals surface area contributed by atoms with E-state index in [2.05, 4.69) is 125 Å². The molecule has 0 aromatic heterocycles. The van der Waals surface area contributed by atoms with Gasteiger partial charge < -0.3 is 10.2 Å². The Hall–Kier alpha value is -3.20. The summed E-state index contributed by atoms with van der Waals surface area (Å²) in [6.07, 6.45) is 0. The van der Waals surface area contributed by atoms with Gasteiger partial charge in [0.15, 0.2) is 0 Å². The molecule has 0 atom stereocenters. The quantitative estimate of drug-likeness (QED) is 0.235. The minimum Gasteiger partial charge on any atom is -0.376 e. The molecule has 0 unspecified atom stereocenters. The molecule has 0 heterocycles. The van der Waals surface area contributed by atoms with Gasteiger partial charge in [-0.2, -0.15) is 0 Å². The third-order valence-corrected chi connectivity index (χ3v) is 13.5. The lowest BCUT2D eigenvalue weighted by Crippen LogP contribution is -2.48. The number of fused-ring (bicyclic) bond motifs is 2. The molecular formula is C44H56O2. The Balaban J connectivity index is 2.26. The van der Waals surface area contributed by atoms with E-state index in [4.69, 9.17) is 0 Å². The third kappa shape index (κ3) is 3.90. The van der Waals surface area contributed by atoms with E-state index < -0.39 is 11.2 Å². The van der Waals surface area contributed by atoms with E-state index in [0.717, 1.165) is 77.9 Å². The van der Waals surface area contributed by atoms with Gasteiger partial charge >= 0.3 is 0 Å². The molecule has 2 N–H and O–H groups in total. The zero-order chi connectivity index (χ0) is 34.9. The maximum atomic E-state index is 14.1. The van der Waals surface area contributed by atoms with Gasteiger partial charge in [0.1, 0.15) is 11.2 Å². The molecule has 5 rings (SSSR count). The Morgan fingerprint density at radius 3 is 0.457 bits per heavy atom. The molecule has 4 aromatic rings. The summed E-state index contributed by atoms with van der Waals surface area (Å²) in [4.78, 5) is 0. The fourth-order valence-corrected chi connectivity index (χ4v) is 9.27. The van der Waals surface area contributed by atoms with Gasteiger partial charge in [0.25, 0.3) is 0 Å². The molecule has 2 heteroatoms. The van der Waals surface area contributed by atoms with E-state index in [1.54, 1.807) is 0 Å². The number of hydrogen-bond donors (Lipinski definition) is 2. The van der Waals surface area contributed by atoms with Crippen LogP contribution in [0.5, 0.6) is 0 Å². The van der Waals surface area contributed by atoms with Gasteiger partial charge in [0, 0.05) is 22.3 Å². The molecule has 0 spiro atoms. The van der Waals surface area contributed by atoms with Gasteiger partial charge in [-0.1, -0.05) is 0 Å². The molecular weight excluding hydrogens is 560 g/mol. The average molecular weight is 617 g/mol. The predicted molar refractivity (Wildman–Crippen MR) is 195 cm³/mol. The maximum Gasteiger partial charge on any atom is 0.142 e.